The number of hydrogen-bond donors (Lipinski definition) is 2. The smallest absolute Gasteiger partial charge is 0.307 e. The van der Waals surface area contributed by atoms with Crippen molar-refractivity contribution in [2.24, 2.45) is 5.92 Å². The van der Waals surface area contributed by atoms with E-state index in [1.165, 1.54) is 26.4 Å². The number of nitrogens with one attached hydrogen (secondary N) is 1. The van der Waals surface area contributed by atoms with Crippen molar-refractivity contribution in [3.63, 3.8) is 0 Å². The zero-order valence-corrected chi connectivity index (χ0v) is 9.73. The van der Waals surface area contributed by atoms with Crippen LogP contribution in [0.15, 0.2) is 17.3 Å². The lowest BCUT2D eigenvalue weighted by Crippen LogP contribution is -2.33. The number of carboxylic acids is 1. The second kappa shape index (κ2) is 4.62. The number of carboxylic acid groups (broad SMARTS) is 1. The monoisotopic (exact) mass is 247 g/mol. The Morgan fingerprint density at radius 1 is 1.69 bits per heavy atom. The van der Waals surface area contributed by atoms with E-state index in [0.717, 1.165) is 4.31 Å². The number of aromatic nitrogens is 2. The van der Waals surface area contributed by atoms with Gasteiger partial charge in [0.05, 0.1) is 12.1 Å². The highest BCUT2D eigenvalue weighted by Gasteiger charge is 2.25. The zero-order chi connectivity index (χ0) is 12.3. The molecule has 1 unspecified atom stereocenters. The lowest BCUT2D eigenvalue weighted by molar-refractivity contribution is -0.141. The summed E-state index contributed by atoms with van der Waals surface area (Å²) in [6, 6.07) is 0. The minimum Gasteiger partial charge on any atom is -0.481 e. The third kappa shape index (κ3) is 2.58. The molecule has 7 nitrogen and oxygen atoms in total. The van der Waals surface area contributed by atoms with Gasteiger partial charge >= 0.3 is 5.97 Å². The van der Waals surface area contributed by atoms with E-state index in [4.69, 9.17) is 5.11 Å². The first-order valence-corrected chi connectivity index (χ1v) is 5.97. The Bertz CT molecular complexity index is 454. The van der Waals surface area contributed by atoms with E-state index in [-0.39, 0.29) is 11.4 Å². The van der Waals surface area contributed by atoms with Gasteiger partial charge < -0.3 is 5.11 Å². The molecule has 16 heavy (non-hydrogen) atoms. The minimum absolute atomic E-state index is 0.0209. The molecule has 0 spiro atoms. The molecule has 0 fully saturated rings. The molecular formula is C8H13N3O4S. The van der Waals surface area contributed by atoms with Crippen molar-refractivity contribution in [3.05, 3.63) is 12.4 Å². The summed E-state index contributed by atoms with van der Waals surface area (Å²) in [5, 5.41) is 14.6. The van der Waals surface area contributed by atoms with Crippen molar-refractivity contribution in [1.82, 2.24) is 14.5 Å². The van der Waals surface area contributed by atoms with Gasteiger partial charge in [-0.15, -0.1) is 0 Å². The number of carbonyl (C=O) groups is 1. The highest BCUT2D eigenvalue weighted by atomic mass is 32.2. The maximum absolute atomic E-state index is 11.8. The molecule has 2 N–H and O–H groups in total. The molecule has 0 aliphatic carbocycles. The molecule has 1 atom stereocenters. The molecule has 0 amide bonds. The van der Waals surface area contributed by atoms with Crippen LogP contribution in [-0.4, -0.2) is 47.6 Å². The van der Waals surface area contributed by atoms with Crippen LogP contribution in [0, 0.1) is 5.92 Å². The Labute approximate surface area is 93.1 Å². The maximum Gasteiger partial charge on any atom is 0.307 e. The van der Waals surface area contributed by atoms with E-state index in [1.807, 2.05) is 0 Å². The summed E-state index contributed by atoms with van der Waals surface area (Å²) in [6.45, 7) is 1.37. The highest BCUT2D eigenvalue weighted by molar-refractivity contribution is 7.89. The number of rotatable bonds is 5. The standard InChI is InChI=1S/C8H13N3O4S/c1-6(8(12)13)5-11(2)16(14,15)7-3-9-10-4-7/h3-4,6H,5H2,1-2H3,(H,9,10)(H,12,13). The van der Waals surface area contributed by atoms with Gasteiger partial charge in [0.2, 0.25) is 10.0 Å². The predicted molar refractivity (Wildman–Crippen MR) is 55.2 cm³/mol. The van der Waals surface area contributed by atoms with E-state index in [9.17, 15) is 13.2 Å². The van der Waals surface area contributed by atoms with Gasteiger partial charge in [-0.25, -0.2) is 8.42 Å². The van der Waals surface area contributed by atoms with E-state index in [2.05, 4.69) is 10.2 Å². The number of aromatic amines is 1. The van der Waals surface area contributed by atoms with Gasteiger partial charge in [0.1, 0.15) is 4.90 Å². The fraction of sp³-hybridized carbons (Fsp3) is 0.500. The van der Waals surface area contributed by atoms with Crippen LogP contribution < -0.4 is 0 Å². The molecule has 0 radical (unpaired) electrons. The zero-order valence-electron chi connectivity index (χ0n) is 8.91. The summed E-state index contributed by atoms with van der Waals surface area (Å²) in [7, 11) is -2.31. The molecule has 0 aliphatic heterocycles. The van der Waals surface area contributed by atoms with E-state index in [0.29, 0.717) is 0 Å². The molecule has 1 aromatic rings. The van der Waals surface area contributed by atoms with Crippen LogP contribution in [0.1, 0.15) is 6.92 Å². The number of hydrogen-bond acceptors (Lipinski definition) is 4. The topological polar surface area (TPSA) is 103 Å². The van der Waals surface area contributed by atoms with E-state index >= 15 is 0 Å². The average Bonchev–Trinajstić information content (AvgIpc) is 2.70. The Balaban J connectivity index is 2.82. The summed E-state index contributed by atoms with van der Waals surface area (Å²) in [5.74, 6) is -1.79. The third-order valence-electron chi connectivity index (χ3n) is 2.13. The molecule has 1 heterocycles. The fourth-order valence-corrected chi connectivity index (χ4v) is 2.29. The van der Waals surface area contributed by atoms with Crippen molar-refractivity contribution in [1.29, 1.82) is 0 Å². The summed E-state index contributed by atoms with van der Waals surface area (Å²) in [6.07, 6.45) is 2.43. The summed E-state index contributed by atoms with van der Waals surface area (Å²) >= 11 is 0. The van der Waals surface area contributed by atoms with Crippen LogP contribution >= 0.6 is 0 Å². The lowest BCUT2D eigenvalue weighted by Gasteiger charge is -2.17. The van der Waals surface area contributed by atoms with Crippen LogP contribution in [0.25, 0.3) is 0 Å². The second-order valence-electron chi connectivity index (χ2n) is 3.46. The molecule has 0 aliphatic rings. The Morgan fingerprint density at radius 3 is 2.75 bits per heavy atom. The van der Waals surface area contributed by atoms with E-state index < -0.39 is 21.9 Å². The molecule has 0 bridgehead atoms. The Hall–Kier alpha value is -1.41. The van der Waals surface area contributed by atoms with Crippen LogP contribution in [0.4, 0.5) is 0 Å². The van der Waals surface area contributed by atoms with Crippen molar-refractivity contribution in [2.75, 3.05) is 13.6 Å². The molecule has 1 rings (SSSR count). The molecule has 0 aromatic carbocycles. The van der Waals surface area contributed by atoms with Crippen LogP contribution in [0.5, 0.6) is 0 Å². The second-order valence-corrected chi connectivity index (χ2v) is 5.50. The van der Waals surface area contributed by atoms with Crippen LogP contribution in [-0.2, 0) is 14.8 Å². The summed E-state index contributed by atoms with van der Waals surface area (Å²) in [4.78, 5) is 10.6. The number of H-pyrrole nitrogens is 1. The van der Waals surface area contributed by atoms with Crippen LogP contribution in [0.2, 0.25) is 0 Å². The first-order chi connectivity index (χ1) is 7.35. The minimum atomic E-state index is -3.65. The molecule has 0 saturated heterocycles. The third-order valence-corrected chi connectivity index (χ3v) is 3.92. The number of nitrogens with zero attached hydrogens (tertiary/aromatic N) is 2. The van der Waals surface area contributed by atoms with Gasteiger partial charge in [0.15, 0.2) is 0 Å². The van der Waals surface area contributed by atoms with E-state index in [1.54, 1.807) is 0 Å². The first kappa shape index (κ1) is 12.7. The van der Waals surface area contributed by atoms with Crippen molar-refractivity contribution >= 4 is 16.0 Å². The lowest BCUT2D eigenvalue weighted by atomic mass is 10.2. The number of aliphatic carboxylic acids is 1. The maximum atomic E-state index is 11.8. The number of sulfonamides is 1. The summed E-state index contributed by atoms with van der Waals surface area (Å²) in [5.41, 5.74) is 0. The SMILES string of the molecule is CC(CN(C)S(=O)(=O)c1cn[nH]c1)C(=O)O. The largest absolute Gasteiger partial charge is 0.481 e. The van der Waals surface area contributed by atoms with Gasteiger partial charge in [-0.05, 0) is 0 Å². The molecular weight excluding hydrogens is 234 g/mol. The van der Waals surface area contributed by atoms with Crippen LogP contribution in [0.3, 0.4) is 0 Å². The molecule has 0 saturated carbocycles. The van der Waals surface area contributed by atoms with Crippen molar-refractivity contribution in [3.8, 4) is 0 Å². The Morgan fingerprint density at radius 2 is 2.31 bits per heavy atom. The first-order valence-electron chi connectivity index (χ1n) is 4.53. The van der Waals surface area contributed by atoms with Gasteiger partial charge in [-0.2, -0.15) is 9.40 Å². The highest BCUT2D eigenvalue weighted by Crippen LogP contribution is 2.13. The molecule has 1 aromatic heterocycles. The van der Waals surface area contributed by atoms with Gasteiger partial charge in [0.25, 0.3) is 0 Å². The summed E-state index contributed by atoms with van der Waals surface area (Å²) < 4.78 is 24.6. The Kier molecular flexibility index (Phi) is 3.66. The quantitative estimate of drug-likeness (QED) is 0.746. The van der Waals surface area contributed by atoms with Gasteiger partial charge in [0, 0.05) is 19.8 Å². The predicted octanol–water partition coefficient (Wildman–Crippen LogP) is -0.249. The van der Waals surface area contributed by atoms with Gasteiger partial charge in [-0.3, -0.25) is 9.89 Å². The molecule has 90 valence electrons. The normalized spacial score (nSPS) is 13.9. The van der Waals surface area contributed by atoms with Gasteiger partial charge in [-0.1, -0.05) is 6.92 Å². The fourth-order valence-electron chi connectivity index (χ4n) is 1.12. The van der Waals surface area contributed by atoms with Crippen molar-refractivity contribution in [2.45, 2.75) is 11.8 Å². The average molecular weight is 247 g/mol. The molecule has 8 heteroatoms. The van der Waals surface area contributed by atoms with Crippen molar-refractivity contribution < 1.29 is 18.3 Å².